The number of fused-ring (bicyclic) bond motifs is 1. The number of aromatic nitrogens is 4. The summed E-state index contributed by atoms with van der Waals surface area (Å²) in [6.07, 6.45) is 1.56. The van der Waals surface area contributed by atoms with Gasteiger partial charge in [0.15, 0.2) is 11.5 Å². The van der Waals surface area contributed by atoms with Gasteiger partial charge in [-0.15, -0.1) is 0 Å². The van der Waals surface area contributed by atoms with E-state index in [1.165, 1.54) is 11.7 Å². The number of pyridine rings is 2. The molecule has 0 saturated heterocycles. The van der Waals surface area contributed by atoms with Gasteiger partial charge in [0.05, 0.1) is 12.5 Å². The number of ether oxygens (including phenoxy) is 1. The molecule has 0 atom stereocenters. The van der Waals surface area contributed by atoms with Crippen molar-refractivity contribution in [3.05, 3.63) is 45.3 Å². The molecule has 8 nitrogen and oxygen atoms in total. The van der Waals surface area contributed by atoms with Gasteiger partial charge < -0.3 is 10.1 Å². The van der Waals surface area contributed by atoms with E-state index in [9.17, 15) is 9.59 Å². The standard InChI is InChI=1S/C19H20BrN5O3/c1-19(2,3)24-14(26)10-25-17(13-6-5-7-15(22-13)28-4)23-16-12(18(25)27)8-11(20)9-21-16/h5-9H,10H2,1-4H3,(H,24,26). The zero-order valence-electron chi connectivity index (χ0n) is 16.0. The second kappa shape index (κ2) is 7.67. The van der Waals surface area contributed by atoms with Crippen LogP contribution in [0.3, 0.4) is 0 Å². The number of halogens is 1. The maximum absolute atomic E-state index is 13.2. The third-order valence-corrected chi connectivity index (χ3v) is 4.19. The highest BCUT2D eigenvalue weighted by molar-refractivity contribution is 9.10. The number of nitrogens with zero attached hydrogens (tertiary/aromatic N) is 4. The van der Waals surface area contributed by atoms with E-state index < -0.39 is 5.54 Å². The molecule has 0 spiro atoms. The number of rotatable bonds is 4. The Kier molecular flexibility index (Phi) is 5.46. The molecule has 3 aromatic rings. The van der Waals surface area contributed by atoms with Crippen molar-refractivity contribution in [3.8, 4) is 17.4 Å². The molecule has 1 N–H and O–H groups in total. The molecule has 1 amide bonds. The number of hydrogen-bond acceptors (Lipinski definition) is 6. The average Bonchev–Trinajstić information content (AvgIpc) is 2.63. The van der Waals surface area contributed by atoms with Gasteiger partial charge in [0.1, 0.15) is 12.2 Å². The van der Waals surface area contributed by atoms with Gasteiger partial charge in [-0.05, 0) is 48.8 Å². The quantitative estimate of drug-likeness (QED) is 0.662. The Morgan fingerprint density at radius 2 is 2.04 bits per heavy atom. The summed E-state index contributed by atoms with van der Waals surface area (Å²) in [5, 5.41) is 3.17. The monoisotopic (exact) mass is 445 g/mol. The van der Waals surface area contributed by atoms with E-state index in [4.69, 9.17) is 4.74 Å². The molecular formula is C19H20BrN5O3. The molecule has 3 rings (SSSR count). The van der Waals surface area contributed by atoms with Crippen LogP contribution in [-0.4, -0.2) is 38.1 Å². The number of carbonyl (C=O) groups excluding carboxylic acids is 1. The average molecular weight is 446 g/mol. The predicted octanol–water partition coefficient (Wildman–Crippen LogP) is 2.54. The third-order valence-electron chi connectivity index (χ3n) is 3.75. The van der Waals surface area contributed by atoms with Crippen molar-refractivity contribution < 1.29 is 9.53 Å². The van der Waals surface area contributed by atoms with Crippen LogP contribution in [0.5, 0.6) is 5.88 Å². The Bertz CT molecular complexity index is 1100. The van der Waals surface area contributed by atoms with E-state index >= 15 is 0 Å². The Labute approximate surface area is 170 Å². The Hall–Kier alpha value is -2.81. The second-order valence-electron chi connectivity index (χ2n) is 7.21. The number of nitrogens with one attached hydrogen (secondary N) is 1. The zero-order valence-corrected chi connectivity index (χ0v) is 17.6. The van der Waals surface area contributed by atoms with Crippen molar-refractivity contribution in [3.63, 3.8) is 0 Å². The first-order chi connectivity index (χ1) is 13.2. The van der Waals surface area contributed by atoms with Gasteiger partial charge in [-0.2, -0.15) is 0 Å². The first-order valence-corrected chi connectivity index (χ1v) is 9.36. The largest absolute Gasteiger partial charge is 0.481 e. The van der Waals surface area contributed by atoms with E-state index in [0.717, 1.165) is 0 Å². The molecule has 146 valence electrons. The molecular weight excluding hydrogens is 426 g/mol. The van der Waals surface area contributed by atoms with E-state index in [1.807, 2.05) is 20.8 Å². The van der Waals surface area contributed by atoms with Crippen molar-refractivity contribution in [2.24, 2.45) is 0 Å². The summed E-state index contributed by atoms with van der Waals surface area (Å²) in [6.45, 7) is 5.42. The maximum atomic E-state index is 13.2. The Balaban J connectivity index is 2.21. The molecule has 0 aliphatic carbocycles. The number of methoxy groups -OCH3 is 1. The lowest BCUT2D eigenvalue weighted by molar-refractivity contribution is -0.123. The lowest BCUT2D eigenvalue weighted by Gasteiger charge is -2.21. The summed E-state index contributed by atoms with van der Waals surface area (Å²) in [4.78, 5) is 38.8. The highest BCUT2D eigenvalue weighted by Crippen LogP contribution is 2.20. The van der Waals surface area contributed by atoms with Crippen molar-refractivity contribution in [2.75, 3.05) is 7.11 Å². The van der Waals surface area contributed by atoms with Crippen LogP contribution < -0.4 is 15.6 Å². The smallest absolute Gasteiger partial charge is 0.263 e. The van der Waals surface area contributed by atoms with Crippen LogP contribution in [0.4, 0.5) is 0 Å². The Morgan fingerprint density at radius 1 is 1.29 bits per heavy atom. The van der Waals surface area contributed by atoms with Gasteiger partial charge in [-0.25, -0.2) is 15.0 Å². The summed E-state index contributed by atoms with van der Waals surface area (Å²) in [6, 6.07) is 6.77. The number of amides is 1. The SMILES string of the molecule is COc1cccc(-c2nc3ncc(Br)cc3c(=O)n2CC(=O)NC(C)(C)C)n1. The predicted molar refractivity (Wildman–Crippen MR) is 109 cm³/mol. The first-order valence-electron chi connectivity index (χ1n) is 8.56. The van der Waals surface area contributed by atoms with Crippen molar-refractivity contribution in [1.29, 1.82) is 0 Å². The van der Waals surface area contributed by atoms with Gasteiger partial charge in [0, 0.05) is 22.3 Å². The molecule has 28 heavy (non-hydrogen) atoms. The molecule has 0 aliphatic rings. The van der Waals surface area contributed by atoms with Crippen LogP contribution in [0.25, 0.3) is 22.6 Å². The van der Waals surface area contributed by atoms with Crippen LogP contribution in [0, 0.1) is 0 Å². The fourth-order valence-corrected chi connectivity index (χ4v) is 3.01. The summed E-state index contributed by atoms with van der Waals surface area (Å²) < 4.78 is 7.12. The van der Waals surface area contributed by atoms with Crippen LogP contribution >= 0.6 is 15.9 Å². The molecule has 0 fully saturated rings. The molecule has 3 heterocycles. The topological polar surface area (TPSA) is 99.0 Å². The van der Waals surface area contributed by atoms with E-state index in [2.05, 4.69) is 36.2 Å². The highest BCUT2D eigenvalue weighted by atomic mass is 79.9. The number of hydrogen-bond donors (Lipinski definition) is 1. The fourth-order valence-electron chi connectivity index (χ4n) is 2.68. The maximum Gasteiger partial charge on any atom is 0.263 e. The van der Waals surface area contributed by atoms with Gasteiger partial charge in [-0.3, -0.25) is 14.2 Å². The van der Waals surface area contributed by atoms with Crippen LogP contribution in [0.2, 0.25) is 0 Å². The van der Waals surface area contributed by atoms with Crippen LogP contribution in [0.15, 0.2) is 39.7 Å². The van der Waals surface area contributed by atoms with Crippen LogP contribution in [0.1, 0.15) is 20.8 Å². The fraction of sp³-hybridized carbons (Fsp3) is 0.316. The minimum atomic E-state index is -0.427. The molecule has 0 bridgehead atoms. The molecule has 0 aromatic carbocycles. The van der Waals surface area contributed by atoms with Gasteiger partial charge in [0.2, 0.25) is 11.8 Å². The zero-order chi connectivity index (χ0) is 20.5. The minimum absolute atomic E-state index is 0.195. The van der Waals surface area contributed by atoms with Gasteiger partial charge >= 0.3 is 0 Å². The lowest BCUT2D eigenvalue weighted by Crippen LogP contribution is -2.43. The van der Waals surface area contributed by atoms with E-state index in [1.54, 1.807) is 30.5 Å². The molecule has 0 saturated carbocycles. The van der Waals surface area contributed by atoms with Crippen molar-refractivity contribution in [2.45, 2.75) is 32.9 Å². The normalized spacial score (nSPS) is 11.5. The summed E-state index contributed by atoms with van der Waals surface area (Å²) in [5.74, 6) is 0.319. The molecule has 3 aromatic heterocycles. The summed E-state index contributed by atoms with van der Waals surface area (Å²) >= 11 is 3.32. The highest BCUT2D eigenvalue weighted by Gasteiger charge is 2.20. The van der Waals surface area contributed by atoms with Gasteiger partial charge in [0.25, 0.3) is 5.56 Å². The third kappa shape index (κ3) is 4.36. The van der Waals surface area contributed by atoms with Crippen molar-refractivity contribution in [1.82, 2.24) is 24.8 Å². The number of carbonyl (C=O) groups is 1. The molecule has 9 heteroatoms. The second-order valence-corrected chi connectivity index (χ2v) is 8.13. The molecule has 0 unspecified atom stereocenters. The van der Waals surface area contributed by atoms with Crippen molar-refractivity contribution >= 4 is 32.9 Å². The minimum Gasteiger partial charge on any atom is -0.481 e. The lowest BCUT2D eigenvalue weighted by atomic mass is 10.1. The van der Waals surface area contributed by atoms with E-state index in [0.29, 0.717) is 21.4 Å². The first kappa shape index (κ1) is 19.9. The van der Waals surface area contributed by atoms with E-state index in [-0.39, 0.29) is 29.5 Å². The summed E-state index contributed by atoms with van der Waals surface area (Å²) in [7, 11) is 1.50. The van der Waals surface area contributed by atoms with Crippen LogP contribution in [-0.2, 0) is 11.3 Å². The molecule has 0 radical (unpaired) electrons. The Morgan fingerprint density at radius 3 is 2.71 bits per heavy atom. The summed E-state index contributed by atoms with van der Waals surface area (Å²) in [5.41, 5.74) is -0.112. The van der Waals surface area contributed by atoms with Gasteiger partial charge in [-0.1, -0.05) is 6.07 Å². The molecule has 0 aliphatic heterocycles.